The van der Waals surface area contributed by atoms with Gasteiger partial charge in [-0.1, -0.05) is 48.5 Å². The number of fused-ring (bicyclic) bond motifs is 3. The summed E-state index contributed by atoms with van der Waals surface area (Å²) in [5.74, 6) is -1.37. The monoisotopic (exact) mass is 364 g/mol. The Morgan fingerprint density at radius 3 is 2.19 bits per heavy atom. The summed E-state index contributed by atoms with van der Waals surface area (Å²) in [6.07, 6.45) is 0.743. The Morgan fingerprint density at radius 2 is 1.67 bits per heavy atom. The van der Waals surface area contributed by atoms with Crippen molar-refractivity contribution in [3.63, 3.8) is 0 Å². The highest BCUT2D eigenvalue weighted by atomic mass is 16.5. The lowest BCUT2D eigenvalue weighted by Gasteiger charge is -2.25. The summed E-state index contributed by atoms with van der Waals surface area (Å²) in [4.78, 5) is 36.7. The van der Waals surface area contributed by atoms with E-state index in [-0.39, 0.29) is 17.7 Å². The molecule has 0 unspecified atom stereocenters. The van der Waals surface area contributed by atoms with Crippen LogP contribution in [0.2, 0.25) is 0 Å². The number of esters is 1. The number of rotatable bonds is 4. The molecule has 4 rings (SSSR count). The zero-order valence-electron chi connectivity index (χ0n) is 14.9. The van der Waals surface area contributed by atoms with Crippen LogP contribution >= 0.6 is 0 Å². The molecule has 2 aromatic carbocycles. The maximum Gasteiger partial charge on any atom is 0.329 e. The number of benzene rings is 2. The molecular weight excluding hydrogens is 344 g/mol. The number of carbonyl (C=O) groups excluding carboxylic acids is 3. The highest BCUT2D eigenvalue weighted by Gasteiger charge is 2.40. The van der Waals surface area contributed by atoms with Gasteiger partial charge in [-0.25, -0.2) is 4.79 Å². The van der Waals surface area contributed by atoms with Crippen LogP contribution in [0.25, 0.3) is 11.1 Å². The van der Waals surface area contributed by atoms with Gasteiger partial charge in [0.25, 0.3) is 0 Å². The van der Waals surface area contributed by atoms with E-state index in [2.05, 4.69) is 10.6 Å². The summed E-state index contributed by atoms with van der Waals surface area (Å²) in [6.45, 7) is 0. The number of amides is 2. The SMILES string of the molecule is COC(=O)[C@H](NC(=O)[C@@H]1CCC(=O)N1)C1c2ccccc2-c2ccccc21. The molecule has 1 heterocycles. The van der Waals surface area contributed by atoms with Crippen molar-refractivity contribution in [3.05, 3.63) is 59.7 Å². The van der Waals surface area contributed by atoms with Crippen molar-refractivity contribution in [1.29, 1.82) is 0 Å². The number of hydrogen-bond donors (Lipinski definition) is 2. The van der Waals surface area contributed by atoms with Gasteiger partial charge in [-0.05, 0) is 28.7 Å². The van der Waals surface area contributed by atoms with Crippen molar-refractivity contribution < 1.29 is 19.1 Å². The molecule has 0 radical (unpaired) electrons. The molecule has 0 spiro atoms. The minimum absolute atomic E-state index is 0.152. The largest absolute Gasteiger partial charge is 0.467 e. The van der Waals surface area contributed by atoms with E-state index in [1.54, 1.807) is 0 Å². The summed E-state index contributed by atoms with van der Waals surface area (Å²) in [5, 5.41) is 5.47. The number of methoxy groups -OCH3 is 1. The van der Waals surface area contributed by atoms with Gasteiger partial charge in [0.05, 0.1) is 7.11 Å². The van der Waals surface area contributed by atoms with E-state index >= 15 is 0 Å². The second kappa shape index (κ2) is 6.87. The molecule has 1 saturated heterocycles. The normalized spacial score (nSPS) is 19.0. The minimum atomic E-state index is -0.871. The molecule has 2 aliphatic rings. The molecule has 0 saturated carbocycles. The fourth-order valence-electron chi connectivity index (χ4n) is 4.02. The highest BCUT2D eigenvalue weighted by molar-refractivity contribution is 5.94. The van der Waals surface area contributed by atoms with Crippen molar-refractivity contribution in [2.45, 2.75) is 30.8 Å². The first-order valence-corrected chi connectivity index (χ1v) is 8.96. The Kier molecular flexibility index (Phi) is 4.39. The maximum absolute atomic E-state index is 12.7. The Labute approximate surface area is 156 Å². The highest BCUT2D eigenvalue weighted by Crippen LogP contribution is 2.46. The van der Waals surface area contributed by atoms with Crippen LogP contribution in [0.4, 0.5) is 0 Å². The van der Waals surface area contributed by atoms with Crippen LogP contribution in [0.15, 0.2) is 48.5 Å². The van der Waals surface area contributed by atoms with Crippen LogP contribution in [-0.4, -0.2) is 37.0 Å². The molecular formula is C21H20N2O4. The van der Waals surface area contributed by atoms with E-state index < -0.39 is 18.1 Å². The van der Waals surface area contributed by atoms with Gasteiger partial charge >= 0.3 is 5.97 Å². The molecule has 138 valence electrons. The molecule has 1 aliphatic carbocycles. The maximum atomic E-state index is 12.7. The van der Waals surface area contributed by atoms with Crippen molar-refractivity contribution in [3.8, 4) is 11.1 Å². The Balaban J connectivity index is 1.71. The fraction of sp³-hybridized carbons (Fsp3) is 0.286. The van der Waals surface area contributed by atoms with Crippen molar-refractivity contribution >= 4 is 17.8 Å². The Bertz CT molecular complexity index is 878. The lowest BCUT2D eigenvalue weighted by Crippen LogP contribution is -2.51. The van der Waals surface area contributed by atoms with Crippen molar-refractivity contribution in [2.24, 2.45) is 0 Å². The third-order valence-corrected chi connectivity index (χ3v) is 5.28. The lowest BCUT2D eigenvalue weighted by molar-refractivity contribution is -0.145. The van der Waals surface area contributed by atoms with Gasteiger partial charge in [0.1, 0.15) is 12.1 Å². The summed E-state index contributed by atoms with van der Waals surface area (Å²) in [5.41, 5.74) is 4.06. The van der Waals surface area contributed by atoms with Gasteiger partial charge in [0.2, 0.25) is 11.8 Å². The van der Waals surface area contributed by atoms with Gasteiger partial charge in [0.15, 0.2) is 0 Å². The van der Waals surface area contributed by atoms with Crippen molar-refractivity contribution in [2.75, 3.05) is 7.11 Å². The smallest absolute Gasteiger partial charge is 0.329 e. The third-order valence-electron chi connectivity index (χ3n) is 5.28. The van der Waals surface area contributed by atoms with Crippen LogP contribution in [-0.2, 0) is 19.1 Å². The van der Waals surface area contributed by atoms with Gasteiger partial charge in [0, 0.05) is 12.3 Å². The van der Waals surface area contributed by atoms with Gasteiger partial charge in [-0.15, -0.1) is 0 Å². The van der Waals surface area contributed by atoms with Crippen LogP contribution in [0.5, 0.6) is 0 Å². The average Bonchev–Trinajstić information content (AvgIpc) is 3.27. The summed E-state index contributed by atoms with van der Waals surface area (Å²) < 4.78 is 5.00. The topological polar surface area (TPSA) is 84.5 Å². The van der Waals surface area contributed by atoms with Gasteiger partial charge < -0.3 is 15.4 Å². The molecule has 6 nitrogen and oxygen atoms in total. The average molecular weight is 364 g/mol. The molecule has 27 heavy (non-hydrogen) atoms. The van der Waals surface area contributed by atoms with E-state index in [4.69, 9.17) is 4.74 Å². The summed E-state index contributed by atoms with van der Waals surface area (Å²) >= 11 is 0. The van der Waals surface area contributed by atoms with Crippen LogP contribution < -0.4 is 10.6 Å². The van der Waals surface area contributed by atoms with E-state index in [9.17, 15) is 14.4 Å². The number of nitrogens with one attached hydrogen (secondary N) is 2. The van der Waals surface area contributed by atoms with E-state index in [1.807, 2.05) is 48.5 Å². The van der Waals surface area contributed by atoms with Crippen LogP contribution in [0.3, 0.4) is 0 Å². The zero-order chi connectivity index (χ0) is 19.0. The molecule has 2 N–H and O–H groups in total. The van der Waals surface area contributed by atoms with Crippen LogP contribution in [0, 0.1) is 0 Å². The number of ether oxygens (including phenoxy) is 1. The van der Waals surface area contributed by atoms with Crippen LogP contribution in [0.1, 0.15) is 29.9 Å². The third kappa shape index (κ3) is 2.97. The standard InChI is InChI=1S/C21H20N2O4/c1-27-21(26)19(23-20(25)16-10-11-17(24)22-16)18-14-8-4-2-6-12(14)13-7-3-5-9-15(13)18/h2-9,16,18-19H,10-11H2,1H3,(H,22,24)(H,23,25)/t16-,19+/m0/s1. The number of carbonyl (C=O) groups is 3. The Hall–Kier alpha value is -3.15. The first-order chi connectivity index (χ1) is 13.1. The van der Waals surface area contributed by atoms with Crippen molar-refractivity contribution in [1.82, 2.24) is 10.6 Å². The minimum Gasteiger partial charge on any atom is -0.467 e. The summed E-state index contributed by atoms with van der Waals surface area (Å²) in [7, 11) is 1.31. The molecule has 6 heteroatoms. The molecule has 1 fully saturated rings. The van der Waals surface area contributed by atoms with E-state index in [0.29, 0.717) is 12.8 Å². The molecule has 2 atom stereocenters. The molecule has 2 aromatic rings. The molecule has 1 aliphatic heterocycles. The second-order valence-electron chi connectivity index (χ2n) is 6.82. The quantitative estimate of drug-likeness (QED) is 0.810. The molecule has 0 aromatic heterocycles. The zero-order valence-corrected chi connectivity index (χ0v) is 14.9. The predicted molar refractivity (Wildman–Crippen MR) is 98.8 cm³/mol. The first-order valence-electron chi connectivity index (χ1n) is 8.96. The second-order valence-corrected chi connectivity index (χ2v) is 6.82. The first kappa shape index (κ1) is 17.3. The molecule has 0 bridgehead atoms. The summed E-state index contributed by atoms with van der Waals surface area (Å²) in [6, 6.07) is 14.2. The fourth-order valence-corrected chi connectivity index (χ4v) is 4.02. The van der Waals surface area contributed by atoms with Gasteiger partial charge in [-0.3, -0.25) is 9.59 Å². The van der Waals surface area contributed by atoms with E-state index in [1.165, 1.54) is 7.11 Å². The molecule has 2 amide bonds. The lowest BCUT2D eigenvalue weighted by atomic mass is 9.89. The van der Waals surface area contributed by atoms with E-state index in [0.717, 1.165) is 22.3 Å². The Morgan fingerprint density at radius 1 is 1.07 bits per heavy atom. The number of hydrogen-bond acceptors (Lipinski definition) is 4. The van der Waals surface area contributed by atoms with Gasteiger partial charge in [-0.2, -0.15) is 0 Å². The predicted octanol–water partition coefficient (Wildman–Crippen LogP) is 1.74.